The van der Waals surface area contributed by atoms with E-state index in [0.29, 0.717) is 6.61 Å². The van der Waals surface area contributed by atoms with Crippen LogP contribution in [0.4, 0.5) is 0 Å². The molecule has 0 aliphatic heterocycles. The Morgan fingerprint density at radius 1 is 1.26 bits per heavy atom. The zero-order chi connectivity index (χ0) is 13.7. The molecule has 0 amide bonds. The number of aryl methyl sites for hydroxylation is 1. The van der Waals surface area contributed by atoms with Crippen LogP contribution in [0.25, 0.3) is 0 Å². The van der Waals surface area contributed by atoms with Gasteiger partial charge in [0.05, 0.1) is 12.6 Å². The highest BCUT2D eigenvalue weighted by atomic mass is 32.1. The second-order valence-corrected chi connectivity index (χ2v) is 5.21. The lowest BCUT2D eigenvalue weighted by atomic mass is 10.1. The number of rotatable bonds is 6. The van der Waals surface area contributed by atoms with Crippen molar-refractivity contribution < 1.29 is 4.74 Å². The van der Waals surface area contributed by atoms with Crippen molar-refractivity contribution in [3.63, 3.8) is 0 Å². The molecule has 0 aliphatic rings. The summed E-state index contributed by atoms with van der Waals surface area (Å²) in [6.07, 6.45) is 0. The van der Waals surface area contributed by atoms with Gasteiger partial charge in [-0.3, -0.25) is 0 Å². The summed E-state index contributed by atoms with van der Waals surface area (Å²) in [7, 11) is 0. The minimum atomic E-state index is 0.166. The molecule has 2 aromatic rings. The molecule has 0 saturated heterocycles. The minimum absolute atomic E-state index is 0.166. The van der Waals surface area contributed by atoms with Gasteiger partial charge >= 0.3 is 0 Å². The summed E-state index contributed by atoms with van der Waals surface area (Å²) in [5.74, 6) is 0.914. The molecule has 1 unspecified atom stereocenters. The maximum Gasteiger partial charge on any atom is 0.119 e. The van der Waals surface area contributed by atoms with E-state index in [0.717, 1.165) is 23.0 Å². The Kier molecular flexibility index (Phi) is 4.93. The Bertz CT molecular complexity index is 507. The Morgan fingerprint density at radius 2 is 2.00 bits per heavy atom. The van der Waals surface area contributed by atoms with E-state index in [4.69, 9.17) is 4.74 Å². The molecule has 1 aromatic carbocycles. The van der Waals surface area contributed by atoms with E-state index < -0.39 is 0 Å². The van der Waals surface area contributed by atoms with Crippen LogP contribution in [-0.2, 0) is 0 Å². The number of hydrogen-bond acceptors (Lipinski definition) is 4. The molecule has 0 saturated carbocycles. The summed E-state index contributed by atoms with van der Waals surface area (Å²) < 4.78 is 5.48. The molecule has 3 nitrogen and oxygen atoms in total. The maximum absolute atomic E-state index is 5.48. The zero-order valence-corrected chi connectivity index (χ0v) is 12.5. The van der Waals surface area contributed by atoms with Crippen molar-refractivity contribution in [1.29, 1.82) is 0 Å². The van der Waals surface area contributed by atoms with Crippen molar-refractivity contribution in [2.24, 2.45) is 0 Å². The first-order valence-electron chi connectivity index (χ1n) is 6.62. The van der Waals surface area contributed by atoms with E-state index in [-0.39, 0.29) is 6.04 Å². The van der Waals surface area contributed by atoms with Crippen molar-refractivity contribution in [3.8, 4) is 5.75 Å². The molecule has 0 fully saturated rings. The highest BCUT2D eigenvalue weighted by Gasteiger charge is 2.16. The monoisotopic (exact) mass is 276 g/mol. The fourth-order valence-corrected chi connectivity index (χ4v) is 2.88. The van der Waals surface area contributed by atoms with Crippen LogP contribution in [0.2, 0.25) is 0 Å². The first-order valence-corrected chi connectivity index (χ1v) is 7.50. The quantitative estimate of drug-likeness (QED) is 0.876. The summed E-state index contributed by atoms with van der Waals surface area (Å²) in [4.78, 5) is 4.59. The van der Waals surface area contributed by atoms with Gasteiger partial charge < -0.3 is 10.1 Å². The average molecular weight is 276 g/mol. The van der Waals surface area contributed by atoms with Crippen LogP contribution in [-0.4, -0.2) is 18.1 Å². The van der Waals surface area contributed by atoms with Crippen molar-refractivity contribution in [1.82, 2.24) is 10.3 Å². The Labute approximate surface area is 118 Å². The molecule has 1 heterocycles. The molecule has 2 rings (SSSR count). The van der Waals surface area contributed by atoms with Gasteiger partial charge in [-0.05, 0) is 38.1 Å². The van der Waals surface area contributed by atoms with E-state index >= 15 is 0 Å². The third-order valence-corrected chi connectivity index (χ3v) is 3.84. The van der Waals surface area contributed by atoms with Gasteiger partial charge in [-0.1, -0.05) is 19.1 Å². The smallest absolute Gasteiger partial charge is 0.119 e. The summed E-state index contributed by atoms with van der Waals surface area (Å²) >= 11 is 1.70. The molecule has 1 N–H and O–H groups in total. The van der Waals surface area contributed by atoms with Crippen molar-refractivity contribution in [3.05, 3.63) is 45.9 Å². The number of aromatic nitrogens is 1. The number of benzene rings is 1. The lowest BCUT2D eigenvalue weighted by Gasteiger charge is -2.16. The molecule has 1 aromatic heterocycles. The van der Waals surface area contributed by atoms with Gasteiger partial charge in [0, 0.05) is 11.1 Å². The summed E-state index contributed by atoms with van der Waals surface area (Å²) in [5, 5.41) is 6.69. The Balaban J connectivity index is 2.23. The predicted molar refractivity (Wildman–Crippen MR) is 80.0 cm³/mol. The first kappa shape index (κ1) is 14.0. The van der Waals surface area contributed by atoms with Crippen LogP contribution < -0.4 is 10.1 Å². The molecule has 0 spiro atoms. The normalized spacial score (nSPS) is 12.4. The van der Waals surface area contributed by atoms with E-state index in [1.54, 1.807) is 11.3 Å². The number of nitrogens with zero attached hydrogens (tertiary/aromatic N) is 1. The fraction of sp³-hybridized carbons (Fsp3) is 0.400. The number of hydrogen-bond donors (Lipinski definition) is 1. The van der Waals surface area contributed by atoms with E-state index in [2.05, 4.69) is 34.7 Å². The maximum atomic E-state index is 5.48. The van der Waals surface area contributed by atoms with Crippen molar-refractivity contribution in [2.45, 2.75) is 26.8 Å². The molecule has 0 aliphatic carbocycles. The van der Waals surface area contributed by atoms with E-state index in [1.807, 2.05) is 26.0 Å². The third-order valence-electron chi connectivity index (χ3n) is 2.82. The minimum Gasteiger partial charge on any atom is -0.494 e. The van der Waals surface area contributed by atoms with Gasteiger partial charge in [-0.15, -0.1) is 11.3 Å². The molecular formula is C15H20N2OS. The van der Waals surface area contributed by atoms with Gasteiger partial charge in [0.1, 0.15) is 10.8 Å². The van der Waals surface area contributed by atoms with Crippen LogP contribution in [0.5, 0.6) is 5.75 Å². The number of ether oxygens (including phenoxy) is 1. The highest BCUT2D eigenvalue weighted by molar-refractivity contribution is 7.09. The number of thiazole rings is 1. The third kappa shape index (κ3) is 3.55. The van der Waals surface area contributed by atoms with Gasteiger partial charge in [0.25, 0.3) is 0 Å². The predicted octanol–water partition coefficient (Wildman–Crippen LogP) is 3.55. The highest BCUT2D eigenvalue weighted by Crippen LogP contribution is 2.26. The van der Waals surface area contributed by atoms with Crippen molar-refractivity contribution in [2.75, 3.05) is 13.2 Å². The Hall–Kier alpha value is -1.39. The lowest BCUT2D eigenvalue weighted by molar-refractivity contribution is 0.340. The lowest BCUT2D eigenvalue weighted by Crippen LogP contribution is -2.21. The molecule has 102 valence electrons. The van der Waals surface area contributed by atoms with Gasteiger partial charge in [-0.2, -0.15) is 0 Å². The number of nitrogens with one attached hydrogen (secondary N) is 1. The second-order valence-electron chi connectivity index (χ2n) is 4.32. The van der Waals surface area contributed by atoms with Crippen LogP contribution in [0.15, 0.2) is 29.6 Å². The van der Waals surface area contributed by atoms with Gasteiger partial charge in [-0.25, -0.2) is 4.98 Å². The standard InChI is InChI=1S/C15H20N2OS/c1-4-16-14(15-17-11(3)10-19-15)12-6-8-13(9-7-12)18-5-2/h6-10,14,16H,4-5H2,1-3H3. The van der Waals surface area contributed by atoms with Gasteiger partial charge in [0.2, 0.25) is 0 Å². The van der Waals surface area contributed by atoms with E-state index in [9.17, 15) is 0 Å². The Morgan fingerprint density at radius 3 is 2.53 bits per heavy atom. The molecule has 0 bridgehead atoms. The average Bonchev–Trinajstić information content (AvgIpc) is 2.84. The molecule has 0 radical (unpaired) electrons. The zero-order valence-electron chi connectivity index (χ0n) is 11.6. The van der Waals surface area contributed by atoms with Crippen LogP contribution >= 0.6 is 11.3 Å². The summed E-state index contributed by atoms with van der Waals surface area (Å²) in [5.41, 5.74) is 2.30. The van der Waals surface area contributed by atoms with Crippen LogP contribution in [0.3, 0.4) is 0 Å². The van der Waals surface area contributed by atoms with Gasteiger partial charge in [0.15, 0.2) is 0 Å². The molecule has 4 heteroatoms. The van der Waals surface area contributed by atoms with Crippen LogP contribution in [0, 0.1) is 6.92 Å². The van der Waals surface area contributed by atoms with Crippen LogP contribution in [0.1, 0.15) is 36.2 Å². The summed E-state index contributed by atoms with van der Waals surface area (Å²) in [6.45, 7) is 7.75. The first-order chi connectivity index (χ1) is 9.24. The second kappa shape index (κ2) is 6.68. The topological polar surface area (TPSA) is 34.1 Å². The summed E-state index contributed by atoms with van der Waals surface area (Å²) in [6, 6.07) is 8.41. The van der Waals surface area contributed by atoms with Crippen molar-refractivity contribution >= 4 is 11.3 Å². The van der Waals surface area contributed by atoms with E-state index in [1.165, 1.54) is 5.56 Å². The molecular weight excluding hydrogens is 256 g/mol. The largest absolute Gasteiger partial charge is 0.494 e. The molecule has 19 heavy (non-hydrogen) atoms. The molecule has 1 atom stereocenters. The SMILES string of the molecule is CCNC(c1ccc(OCC)cc1)c1nc(C)cs1. The fourth-order valence-electron chi connectivity index (χ4n) is 1.98.